The topological polar surface area (TPSA) is 55.1 Å². The van der Waals surface area contributed by atoms with Crippen molar-refractivity contribution in [2.75, 3.05) is 6.54 Å². The highest BCUT2D eigenvalue weighted by molar-refractivity contribution is 7.15. The summed E-state index contributed by atoms with van der Waals surface area (Å²) in [5.41, 5.74) is 4.37. The van der Waals surface area contributed by atoms with Crippen LogP contribution in [0.15, 0.2) is 35.1 Å². The van der Waals surface area contributed by atoms with Crippen LogP contribution in [0.3, 0.4) is 0 Å². The maximum atomic E-state index is 4.89. The van der Waals surface area contributed by atoms with Crippen LogP contribution < -0.4 is 0 Å². The molecule has 1 saturated heterocycles. The molecule has 4 rings (SSSR count). The summed E-state index contributed by atoms with van der Waals surface area (Å²) in [5, 5.41) is 9.14. The normalized spacial score (nSPS) is 18.3. The van der Waals surface area contributed by atoms with E-state index in [0.717, 1.165) is 35.9 Å². The van der Waals surface area contributed by atoms with Crippen LogP contribution in [0.1, 0.15) is 40.7 Å². The smallest absolute Gasteiger partial charge is 0.125 e. The fraction of sp³-hybridized carbons (Fsp3) is 0.389. The number of nitrogens with zero attached hydrogens (tertiary/aromatic N) is 4. The van der Waals surface area contributed by atoms with Crippen molar-refractivity contribution in [1.82, 2.24) is 20.2 Å². The molecule has 5 nitrogen and oxygen atoms in total. The quantitative estimate of drug-likeness (QED) is 0.714. The van der Waals surface area contributed by atoms with E-state index < -0.39 is 0 Å². The van der Waals surface area contributed by atoms with Crippen molar-refractivity contribution in [3.63, 3.8) is 0 Å². The minimum absolute atomic E-state index is 0.306. The lowest BCUT2D eigenvalue weighted by Crippen LogP contribution is -2.23. The maximum absolute atomic E-state index is 4.89. The largest absolute Gasteiger partial charge is 0.289 e. The molecule has 1 aliphatic rings. The fourth-order valence-corrected chi connectivity index (χ4v) is 4.41. The Hall–Kier alpha value is -2.05. The molecule has 0 bridgehead atoms. The molecule has 0 saturated carbocycles. The number of aromatic nitrogens is 3. The van der Waals surface area contributed by atoms with Crippen molar-refractivity contribution >= 4 is 11.3 Å². The first-order valence-corrected chi connectivity index (χ1v) is 9.08. The lowest BCUT2D eigenvalue weighted by molar-refractivity contribution is 0.233. The van der Waals surface area contributed by atoms with E-state index in [2.05, 4.69) is 51.4 Å². The molecule has 0 radical (unpaired) electrons. The fourth-order valence-electron chi connectivity index (χ4n) is 3.38. The van der Waals surface area contributed by atoms with Crippen molar-refractivity contribution in [3.05, 3.63) is 52.3 Å². The van der Waals surface area contributed by atoms with Gasteiger partial charge < -0.3 is 0 Å². The van der Waals surface area contributed by atoms with Crippen LogP contribution in [0.25, 0.3) is 10.6 Å². The van der Waals surface area contributed by atoms with Crippen LogP contribution in [0, 0.1) is 13.8 Å². The van der Waals surface area contributed by atoms with Gasteiger partial charge in [-0.3, -0.25) is 4.90 Å². The zero-order valence-electron chi connectivity index (χ0n) is 13.9. The van der Waals surface area contributed by atoms with Gasteiger partial charge in [0, 0.05) is 23.2 Å². The standard InChI is InChI=1S/C18H20N4OS/c1-12-6-3-4-7-15(12)18-19-10-14(24-18)11-22-9-5-8-16(22)17-13(2)20-23-21-17/h3-4,6-7,10,16H,5,8-9,11H2,1-2H3/t16-/m1/s1. The highest BCUT2D eigenvalue weighted by Crippen LogP contribution is 2.35. The van der Waals surface area contributed by atoms with Gasteiger partial charge in [-0.1, -0.05) is 34.6 Å². The Morgan fingerprint density at radius 1 is 1.25 bits per heavy atom. The maximum Gasteiger partial charge on any atom is 0.125 e. The first-order valence-electron chi connectivity index (χ1n) is 8.26. The van der Waals surface area contributed by atoms with Crippen molar-refractivity contribution in [2.45, 2.75) is 39.3 Å². The Labute approximate surface area is 145 Å². The Morgan fingerprint density at radius 3 is 2.92 bits per heavy atom. The highest BCUT2D eigenvalue weighted by atomic mass is 32.1. The van der Waals surface area contributed by atoms with Crippen molar-refractivity contribution in [3.8, 4) is 10.6 Å². The van der Waals surface area contributed by atoms with Crippen LogP contribution in [0.2, 0.25) is 0 Å². The third-order valence-electron chi connectivity index (χ3n) is 4.65. The average molecular weight is 340 g/mol. The third kappa shape index (κ3) is 2.87. The van der Waals surface area contributed by atoms with Gasteiger partial charge in [-0.15, -0.1) is 11.3 Å². The molecule has 0 N–H and O–H groups in total. The number of rotatable bonds is 4. The molecule has 1 fully saturated rings. The van der Waals surface area contributed by atoms with Gasteiger partial charge >= 0.3 is 0 Å². The second-order valence-corrected chi connectivity index (χ2v) is 7.43. The summed E-state index contributed by atoms with van der Waals surface area (Å²) in [5.74, 6) is 0. The van der Waals surface area contributed by atoms with E-state index in [4.69, 9.17) is 4.63 Å². The molecule has 3 heterocycles. The molecular weight excluding hydrogens is 320 g/mol. The van der Waals surface area contributed by atoms with Crippen molar-refractivity contribution < 1.29 is 4.63 Å². The van der Waals surface area contributed by atoms with E-state index in [1.165, 1.54) is 22.4 Å². The van der Waals surface area contributed by atoms with Crippen LogP contribution in [-0.4, -0.2) is 26.7 Å². The molecule has 0 unspecified atom stereocenters. The summed E-state index contributed by atoms with van der Waals surface area (Å²) in [7, 11) is 0. The third-order valence-corrected chi connectivity index (χ3v) is 5.67. The molecule has 24 heavy (non-hydrogen) atoms. The van der Waals surface area contributed by atoms with Gasteiger partial charge in [0.2, 0.25) is 0 Å². The van der Waals surface area contributed by atoms with Crippen LogP contribution in [0.4, 0.5) is 0 Å². The number of thiazole rings is 1. The molecule has 0 amide bonds. The number of aryl methyl sites for hydroxylation is 2. The van der Waals surface area contributed by atoms with Crippen LogP contribution in [-0.2, 0) is 6.54 Å². The summed E-state index contributed by atoms with van der Waals surface area (Å²) in [6.45, 7) is 6.08. The molecule has 1 atom stereocenters. The van der Waals surface area contributed by atoms with Gasteiger partial charge in [-0.05, 0) is 38.8 Å². The first-order chi connectivity index (χ1) is 11.7. The predicted octanol–water partition coefficient (Wildman–Crippen LogP) is 4.15. The van der Waals surface area contributed by atoms with Gasteiger partial charge in [0.05, 0.1) is 6.04 Å². The molecular formula is C18H20N4OS. The number of hydrogen-bond donors (Lipinski definition) is 0. The van der Waals surface area contributed by atoms with Gasteiger partial charge in [0.1, 0.15) is 16.4 Å². The summed E-state index contributed by atoms with van der Waals surface area (Å²) >= 11 is 1.78. The number of likely N-dealkylation sites (tertiary alicyclic amines) is 1. The predicted molar refractivity (Wildman–Crippen MR) is 93.7 cm³/mol. The average Bonchev–Trinajstić information content (AvgIpc) is 3.30. The summed E-state index contributed by atoms with van der Waals surface area (Å²) in [6, 6.07) is 8.71. The Kier molecular flexibility index (Phi) is 4.16. The Morgan fingerprint density at radius 2 is 2.12 bits per heavy atom. The zero-order chi connectivity index (χ0) is 16.5. The molecule has 1 aliphatic heterocycles. The Balaban J connectivity index is 1.54. The molecule has 0 aliphatic carbocycles. The monoisotopic (exact) mass is 340 g/mol. The summed E-state index contributed by atoms with van der Waals surface area (Å²) in [4.78, 5) is 8.39. The van der Waals surface area contributed by atoms with Crippen molar-refractivity contribution in [1.29, 1.82) is 0 Å². The van der Waals surface area contributed by atoms with Crippen molar-refractivity contribution in [2.24, 2.45) is 0 Å². The highest BCUT2D eigenvalue weighted by Gasteiger charge is 2.30. The molecule has 124 valence electrons. The van der Waals surface area contributed by atoms with E-state index in [1.54, 1.807) is 11.3 Å². The summed E-state index contributed by atoms with van der Waals surface area (Å²) in [6.07, 6.45) is 4.30. The molecule has 0 spiro atoms. The van der Waals surface area contributed by atoms with E-state index in [0.29, 0.717) is 6.04 Å². The molecule has 6 heteroatoms. The van der Waals surface area contributed by atoms with Gasteiger partial charge in [0.25, 0.3) is 0 Å². The first kappa shape index (κ1) is 15.5. The van der Waals surface area contributed by atoms with Gasteiger partial charge in [-0.25, -0.2) is 9.61 Å². The van der Waals surface area contributed by atoms with E-state index >= 15 is 0 Å². The summed E-state index contributed by atoms with van der Waals surface area (Å²) < 4.78 is 4.89. The minimum Gasteiger partial charge on any atom is -0.289 e. The second kappa shape index (κ2) is 6.45. The minimum atomic E-state index is 0.306. The molecule has 3 aromatic rings. The van der Waals surface area contributed by atoms with Crippen LogP contribution in [0.5, 0.6) is 0 Å². The molecule has 2 aromatic heterocycles. The Bertz CT molecular complexity index is 841. The van der Waals surface area contributed by atoms with Gasteiger partial charge in [0.15, 0.2) is 0 Å². The number of benzene rings is 1. The van der Waals surface area contributed by atoms with Crippen LogP contribution >= 0.6 is 11.3 Å². The second-order valence-electron chi connectivity index (χ2n) is 6.31. The van der Waals surface area contributed by atoms with E-state index in [1.807, 2.05) is 13.1 Å². The lowest BCUT2D eigenvalue weighted by Gasteiger charge is -2.21. The SMILES string of the molecule is Cc1ccccc1-c1ncc(CN2CCC[C@@H]2c2nonc2C)s1. The van der Waals surface area contributed by atoms with Gasteiger partial charge in [-0.2, -0.15) is 0 Å². The zero-order valence-corrected chi connectivity index (χ0v) is 14.7. The number of hydrogen-bond acceptors (Lipinski definition) is 6. The molecule has 1 aromatic carbocycles. The van der Waals surface area contributed by atoms with E-state index in [9.17, 15) is 0 Å². The lowest BCUT2D eigenvalue weighted by atomic mass is 10.1. The van der Waals surface area contributed by atoms with E-state index in [-0.39, 0.29) is 0 Å².